The first-order chi connectivity index (χ1) is 8.41. The Balaban J connectivity index is 3.16. The SMILES string of the molecule is C=CCN(CC)C(=O)c1ccccc1C(F)(F)F. The van der Waals surface area contributed by atoms with Gasteiger partial charge in [0, 0.05) is 13.1 Å². The molecule has 1 amide bonds. The van der Waals surface area contributed by atoms with Crippen LogP contribution in [0.1, 0.15) is 22.8 Å². The minimum atomic E-state index is -4.53. The van der Waals surface area contributed by atoms with Crippen LogP contribution in [0, 0.1) is 0 Å². The molecule has 0 aliphatic carbocycles. The zero-order chi connectivity index (χ0) is 13.8. The van der Waals surface area contributed by atoms with Gasteiger partial charge in [-0.3, -0.25) is 4.79 Å². The molecule has 0 unspecified atom stereocenters. The van der Waals surface area contributed by atoms with E-state index in [-0.39, 0.29) is 12.1 Å². The van der Waals surface area contributed by atoms with Crippen molar-refractivity contribution in [3.63, 3.8) is 0 Å². The van der Waals surface area contributed by atoms with Crippen molar-refractivity contribution in [2.24, 2.45) is 0 Å². The second-order valence-corrected chi connectivity index (χ2v) is 3.68. The predicted octanol–water partition coefficient (Wildman–Crippen LogP) is 3.35. The van der Waals surface area contributed by atoms with Gasteiger partial charge in [-0.1, -0.05) is 18.2 Å². The van der Waals surface area contributed by atoms with Crippen LogP contribution < -0.4 is 0 Å². The number of alkyl halides is 3. The molecule has 0 saturated carbocycles. The molecule has 5 heteroatoms. The fraction of sp³-hybridized carbons (Fsp3) is 0.308. The van der Waals surface area contributed by atoms with Gasteiger partial charge >= 0.3 is 6.18 Å². The van der Waals surface area contributed by atoms with Crippen molar-refractivity contribution in [3.8, 4) is 0 Å². The van der Waals surface area contributed by atoms with Crippen LogP contribution in [-0.4, -0.2) is 23.9 Å². The van der Waals surface area contributed by atoms with Crippen LogP contribution >= 0.6 is 0 Å². The van der Waals surface area contributed by atoms with Crippen LogP contribution in [0.25, 0.3) is 0 Å². The molecule has 0 atom stereocenters. The highest BCUT2D eigenvalue weighted by atomic mass is 19.4. The third kappa shape index (κ3) is 3.12. The Bertz CT molecular complexity index is 440. The number of rotatable bonds is 4. The normalized spacial score (nSPS) is 11.1. The van der Waals surface area contributed by atoms with Crippen molar-refractivity contribution < 1.29 is 18.0 Å². The molecule has 0 aliphatic heterocycles. The van der Waals surface area contributed by atoms with Crippen molar-refractivity contribution in [1.29, 1.82) is 0 Å². The molecule has 1 aromatic carbocycles. The third-order valence-electron chi connectivity index (χ3n) is 2.48. The zero-order valence-corrected chi connectivity index (χ0v) is 10.00. The molecule has 0 heterocycles. The second-order valence-electron chi connectivity index (χ2n) is 3.68. The van der Waals surface area contributed by atoms with Gasteiger partial charge in [-0.05, 0) is 19.1 Å². The highest BCUT2D eigenvalue weighted by Gasteiger charge is 2.35. The van der Waals surface area contributed by atoms with Gasteiger partial charge in [-0.15, -0.1) is 6.58 Å². The van der Waals surface area contributed by atoms with Crippen molar-refractivity contribution in [3.05, 3.63) is 48.0 Å². The summed E-state index contributed by atoms with van der Waals surface area (Å²) in [5, 5.41) is 0. The maximum absolute atomic E-state index is 12.8. The number of hydrogen-bond donors (Lipinski definition) is 0. The van der Waals surface area contributed by atoms with Gasteiger partial charge in [-0.25, -0.2) is 0 Å². The summed E-state index contributed by atoms with van der Waals surface area (Å²) in [6.45, 7) is 5.74. The Morgan fingerprint density at radius 2 is 2.00 bits per heavy atom. The number of nitrogens with zero attached hydrogens (tertiary/aromatic N) is 1. The van der Waals surface area contributed by atoms with Crippen molar-refractivity contribution in [2.75, 3.05) is 13.1 Å². The lowest BCUT2D eigenvalue weighted by Crippen LogP contribution is -2.32. The first kappa shape index (κ1) is 14.3. The van der Waals surface area contributed by atoms with Crippen LogP contribution in [0.5, 0.6) is 0 Å². The molecule has 0 radical (unpaired) electrons. The Kier molecular flexibility index (Phi) is 4.53. The van der Waals surface area contributed by atoms with E-state index in [1.54, 1.807) is 6.92 Å². The molecule has 0 N–H and O–H groups in total. The molecule has 0 bridgehead atoms. The van der Waals surface area contributed by atoms with E-state index in [4.69, 9.17) is 0 Å². The minimum Gasteiger partial charge on any atom is -0.335 e. The molecule has 0 aliphatic rings. The van der Waals surface area contributed by atoms with Crippen molar-refractivity contribution in [1.82, 2.24) is 4.90 Å². The van der Waals surface area contributed by atoms with Crippen molar-refractivity contribution in [2.45, 2.75) is 13.1 Å². The largest absolute Gasteiger partial charge is 0.417 e. The van der Waals surface area contributed by atoms with Gasteiger partial charge < -0.3 is 4.90 Å². The average molecular weight is 257 g/mol. The fourth-order valence-corrected chi connectivity index (χ4v) is 1.60. The van der Waals surface area contributed by atoms with Crippen LogP contribution in [0.3, 0.4) is 0 Å². The van der Waals surface area contributed by atoms with Crippen LogP contribution in [0.4, 0.5) is 13.2 Å². The number of amides is 1. The Morgan fingerprint density at radius 1 is 1.39 bits per heavy atom. The number of carbonyl (C=O) groups excluding carboxylic acids is 1. The summed E-state index contributed by atoms with van der Waals surface area (Å²) >= 11 is 0. The maximum Gasteiger partial charge on any atom is 0.417 e. The summed E-state index contributed by atoms with van der Waals surface area (Å²) in [5.41, 5.74) is -1.23. The van der Waals surface area contributed by atoms with Gasteiger partial charge in [0.15, 0.2) is 0 Å². The van der Waals surface area contributed by atoms with E-state index >= 15 is 0 Å². The molecule has 2 nitrogen and oxygen atoms in total. The third-order valence-corrected chi connectivity index (χ3v) is 2.48. The van der Waals surface area contributed by atoms with E-state index in [0.717, 1.165) is 6.07 Å². The standard InChI is InChI=1S/C13H14F3NO/c1-3-9-17(4-2)12(18)10-7-5-6-8-11(10)13(14,15)16/h3,5-8H,1,4,9H2,2H3. The number of benzene rings is 1. The summed E-state index contributed by atoms with van der Waals surface area (Å²) in [7, 11) is 0. The molecule has 98 valence electrons. The lowest BCUT2D eigenvalue weighted by Gasteiger charge is -2.21. The molecule has 0 saturated heterocycles. The molecular formula is C13H14F3NO. The molecule has 0 spiro atoms. The maximum atomic E-state index is 12.8. The first-order valence-corrected chi connectivity index (χ1v) is 5.48. The predicted molar refractivity (Wildman–Crippen MR) is 63.2 cm³/mol. The lowest BCUT2D eigenvalue weighted by molar-refractivity contribution is -0.138. The molecular weight excluding hydrogens is 243 g/mol. The molecule has 1 aromatic rings. The van der Waals surface area contributed by atoms with Gasteiger partial charge in [0.2, 0.25) is 0 Å². The van der Waals surface area contributed by atoms with E-state index < -0.39 is 17.6 Å². The van der Waals surface area contributed by atoms with E-state index in [9.17, 15) is 18.0 Å². The van der Waals surface area contributed by atoms with E-state index in [1.165, 1.54) is 29.2 Å². The zero-order valence-electron chi connectivity index (χ0n) is 10.00. The fourth-order valence-electron chi connectivity index (χ4n) is 1.60. The molecule has 0 fully saturated rings. The Morgan fingerprint density at radius 3 is 2.50 bits per heavy atom. The lowest BCUT2D eigenvalue weighted by atomic mass is 10.1. The van der Waals surface area contributed by atoms with Crippen LogP contribution in [0.15, 0.2) is 36.9 Å². The summed E-state index contributed by atoms with van der Waals surface area (Å²) in [4.78, 5) is 13.3. The second kappa shape index (κ2) is 5.71. The van der Waals surface area contributed by atoms with E-state index in [0.29, 0.717) is 6.54 Å². The summed E-state index contributed by atoms with van der Waals surface area (Å²) in [6, 6.07) is 4.79. The Hall–Kier alpha value is -1.78. The summed E-state index contributed by atoms with van der Waals surface area (Å²) in [5.74, 6) is -0.634. The van der Waals surface area contributed by atoms with Gasteiger partial charge in [0.25, 0.3) is 5.91 Å². The highest BCUT2D eigenvalue weighted by molar-refractivity contribution is 5.96. The number of carbonyl (C=O) groups is 1. The van der Waals surface area contributed by atoms with Crippen LogP contribution in [-0.2, 0) is 6.18 Å². The molecule has 18 heavy (non-hydrogen) atoms. The Labute approximate surface area is 104 Å². The monoisotopic (exact) mass is 257 g/mol. The number of likely N-dealkylation sites (N-methyl/N-ethyl adjacent to an activating group) is 1. The van der Waals surface area contributed by atoms with Gasteiger partial charge in [0.1, 0.15) is 0 Å². The quantitative estimate of drug-likeness (QED) is 0.757. The number of hydrogen-bond acceptors (Lipinski definition) is 1. The van der Waals surface area contributed by atoms with Gasteiger partial charge in [0.05, 0.1) is 11.1 Å². The van der Waals surface area contributed by atoms with Gasteiger partial charge in [-0.2, -0.15) is 13.2 Å². The molecule has 1 rings (SSSR count). The first-order valence-electron chi connectivity index (χ1n) is 5.48. The highest BCUT2D eigenvalue weighted by Crippen LogP contribution is 2.32. The summed E-state index contributed by atoms with van der Waals surface area (Å²) in [6.07, 6.45) is -3.04. The molecule has 0 aromatic heterocycles. The van der Waals surface area contributed by atoms with E-state index in [2.05, 4.69) is 6.58 Å². The minimum absolute atomic E-state index is 0.224. The average Bonchev–Trinajstić information content (AvgIpc) is 2.34. The van der Waals surface area contributed by atoms with Crippen molar-refractivity contribution >= 4 is 5.91 Å². The van der Waals surface area contributed by atoms with Crippen LogP contribution in [0.2, 0.25) is 0 Å². The summed E-state index contributed by atoms with van der Waals surface area (Å²) < 4.78 is 38.3. The smallest absolute Gasteiger partial charge is 0.335 e. The number of halogens is 3. The topological polar surface area (TPSA) is 20.3 Å². The van der Waals surface area contributed by atoms with E-state index in [1.807, 2.05) is 0 Å².